The molecule has 0 heterocycles. The third kappa shape index (κ3) is 23.0. The van der Waals surface area contributed by atoms with Gasteiger partial charge in [-0.25, -0.2) is 9.59 Å². The van der Waals surface area contributed by atoms with E-state index >= 15 is 0 Å². The fourth-order valence-corrected chi connectivity index (χ4v) is 5.35. The first kappa shape index (κ1) is 34.6. The van der Waals surface area contributed by atoms with Crippen molar-refractivity contribution in [3.05, 3.63) is 25.3 Å². The quantitative estimate of drug-likeness (QED) is 0.0461. The Morgan fingerprint density at radius 3 is 1.36 bits per heavy atom. The molecule has 0 radical (unpaired) electrons. The topological polar surface area (TPSA) is 88.1 Å². The van der Waals surface area contributed by atoms with E-state index in [9.17, 15) is 14.2 Å². The molecule has 0 saturated carbocycles. The maximum atomic E-state index is 13.3. The van der Waals surface area contributed by atoms with E-state index in [1.54, 1.807) is 0 Å². The molecule has 0 saturated heterocycles. The summed E-state index contributed by atoms with van der Waals surface area (Å²) in [4.78, 5) is 22.0. The monoisotopic (exact) mass is 530 g/mol. The minimum Gasteiger partial charge on any atom is -0.463 e. The molecule has 0 aromatic carbocycles. The largest absolute Gasteiger partial charge is 0.463 e. The van der Waals surface area contributed by atoms with Crippen molar-refractivity contribution in [3.63, 3.8) is 0 Å². The second kappa shape index (κ2) is 25.2. The molecule has 0 aliphatic rings. The van der Waals surface area contributed by atoms with Crippen LogP contribution in [0.5, 0.6) is 0 Å². The standard InChI is InChI=1S/C28H51O7P/c1-4-7-8-9-16-21-26-36(31,34-24-19-14-10-12-17-22-32-27(29)5-2)35-25-20-15-11-13-18-23-33-28(30)6-3/h5-6H,2-4,7-26H2,1H3. The van der Waals surface area contributed by atoms with E-state index in [1.807, 2.05) is 0 Å². The average molecular weight is 531 g/mol. The third-order valence-electron chi connectivity index (χ3n) is 5.76. The molecule has 0 atom stereocenters. The number of carbonyl (C=O) groups is 2. The van der Waals surface area contributed by atoms with E-state index in [1.165, 1.54) is 31.4 Å². The van der Waals surface area contributed by atoms with Gasteiger partial charge >= 0.3 is 19.5 Å². The second-order valence-electron chi connectivity index (χ2n) is 9.05. The van der Waals surface area contributed by atoms with Gasteiger partial charge in [0.25, 0.3) is 0 Å². The highest BCUT2D eigenvalue weighted by molar-refractivity contribution is 7.53. The van der Waals surface area contributed by atoms with Gasteiger partial charge in [-0.15, -0.1) is 0 Å². The summed E-state index contributed by atoms with van der Waals surface area (Å²) in [6.45, 7) is 10.7. The molecule has 0 aliphatic heterocycles. The van der Waals surface area contributed by atoms with Crippen molar-refractivity contribution in [2.24, 2.45) is 0 Å². The van der Waals surface area contributed by atoms with Crippen molar-refractivity contribution >= 4 is 19.5 Å². The Morgan fingerprint density at radius 1 is 0.583 bits per heavy atom. The number of unbranched alkanes of at least 4 members (excludes halogenated alkanes) is 13. The van der Waals surface area contributed by atoms with Crippen LogP contribution in [0.25, 0.3) is 0 Å². The highest BCUT2D eigenvalue weighted by Crippen LogP contribution is 2.49. The van der Waals surface area contributed by atoms with Crippen molar-refractivity contribution in [2.75, 3.05) is 32.6 Å². The van der Waals surface area contributed by atoms with Gasteiger partial charge in [0.15, 0.2) is 0 Å². The lowest BCUT2D eigenvalue weighted by Crippen LogP contribution is -2.04. The molecule has 0 unspecified atom stereocenters. The van der Waals surface area contributed by atoms with E-state index in [2.05, 4.69) is 20.1 Å². The molecular weight excluding hydrogens is 479 g/mol. The van der Waals surface area contributed by atoms with Crippen molar-refractivity contribution in [2.45, 2.75) is 110 Å². The highest BCUT2D eigenvalue weighted by Gasteiger charge is 2.23. The number of ether oxygens (including phenoxy) is 2. The lowest BCUT2D eigenvalue weighted by Gasteiger charge is -2.19. The maximum absolute atomic E-state index is 13.3. The van der Waals surface area contributed by atoms with Crippen molar-refractivity contribution in [1.29, 1.82) is 0 Å². The first-order valence-corrected chi connectivity index (χ1v) is 15.7. The van der Waals surface area contributed by atoms with Crippen LogP contribution in [0.4, 0.5) is 0 Å². The normalized spacial score (nSPS) is 11.2. The zero-order valence-corrected chi connectivity index (χ0v) is 23.6. The summed E-state index contributed by atoms with van der Waals surface area (Å²) >= 11 is 0. The molecular formula is C28H51O7P. The second-order valence-corrected chi connectivity index (χ2v) is 11.2. The Kier molecular flexibility index (Phi) is 24.2. The van der Waals surface area contributed by atoms with Gasteiger partial charge in [-0.05, 0) is 32.1 Å². The Balaban J connectivity index is 4.09. The Bertz CT molecular complexity index is 579. The van der Waals surface area contributed by atoms with Crippen LogP contribution in [0, 0.1) is 0 Å². The van der Waals surface area contributed by atoms with Gasteiger partial charge in [0, 0.05) is 12.2 Å². The molecule has 0 aromatic rings. The van der Waals surface area contributed by atoms with Crippen LogP contribution < -0.4 is 0 Å². The van der Waals surface area contributed by atoms with Crippen molar-refractivity contribution < 1.29 is 32.7 Å². The number of hydrogen-bond acceptors (Lipinski definition) is 7. The Morgan fingerprint density at radius 2 is 0.944 bits per heavy atom. The number of hydrogen-bond donors (Lipinski definition) is 0. The van der Waals surface area contributed by atoms with E-state index < -0.39 is 7.60 Å². The summed E-state index contributed by atoms with van der Waals surface area (Å²) in [5.41, 5.74) is 0. The lowest BCUT2D eigenvalue weighted by atomic mass is 10.1. The Hall–Kier alpha value is -1.43. The van der Waals surface area contributed by atoms with Gasteiger partial charge in [0.2, 0.25) is 0 Å². The van der Waals surface area contributed by atoms with Crippen LogP contribution in [0.2, 0.25) is 0 Å². The smallest absolute Gasteiger partial charge is 0.330 e. The van der Waals surface area contributed by atoms with E-state index in [0.29, 0.717) is 32.6 Å². The molecule has 0 amide bonds. The summed E-state index contributed by atoms with van der Waals surface area (Å²) < 4.78 is 34.9. The average Bonchev–Trinajstić information content (AvgIpc) is 2.88. The Labute approximate surface area is 219 Å². The summed E-state index contributed by atoms with van der Waals surface area (Å²) in [6.07, 6.45) is 18.9. The fourth-order valence-electron chi connectivity index (χ4n) is 3.59. The minimum atomic E-state index is -3.07. The first-order chi connectivity index (χ1) is 17.5. The predicted molar refractivity (Wildman–Crippen MR) is 146 cm³/mol. The molecule has 0 N–H and O–H groups in total. The van der Waals surface area contributed by atoms with Gasteiger partial charge in [-0.3, -0.25) is 4.57 Å². The molecule has 210 valence electrons. The molecule has 7 nitrogen and oxygen atoms in total. The summed E-state index contributed by atoms with van der Waals surface area (Å²) in [5, 5.41) is 0. The third-order valence-corrected chi connectivity index (χ3v) is 7.78. The van der Waals surface area contributed by atoms with E-state index in [0.717, 1.165) is 83.5 Å². The van der Waals surface area contributed by atoms with Crippen molar-refractivity contribution in [3.8, 4) is 0 Å². The molecule has 0 spiro atoms. The zero-order valence-electron chi connectivity index (χ0n) is 22.7. The summed E-state index contributed by atoms with van der Waals surface area (Å²) in [7, 11) is -3.07. The molecule has 36 heavy (non-hydrogen) atoms. The molecule has 0 aromatic heterocycles. The summed E-state index contributed by atoms with van der Waals surface area (Å²) in [5.74, 6) is -0.757. The van der Waals surface area contributed by atoms with Crippen LogP contribution in [-0.2, 0) is 32.7 Å². The molecule has 0 aliphatic carbocycles. The van der Waals surface area contributed by atoms with Crippen molar-refractivity contribution in [1.82, 2.24) is 0 Å². The highest BCUT2D eigenvalue weighted by atomic mass is 31.2. The van der Waals surface area contributed by atoms with Gasteiger partial charge < -0.3 is 18.5 Å². The molecule has 0 fully saturated rings. The number of esters is 2. The van der Waals surface area contributed by atoms with Crippen LogP contribution in [0.15, 0.2) is 25.3 Å². The SMILES string of the molecule is C=CC(=O)OCCCCCCCOP(=O)(CCCCCCCC)OCCCCCCCOC(=O)C=C. The van der Waals surface area contributed by atoms with Crippen LogP contribution in [0.1, 0.15) is 110 Å². The predicted octanol–water partition coefficient (Wildman–Crippen LogP) is 7.93. The molecule has 0 rings (SSSR count). The van der Waals surface area contributed by atoms with Gasteiger partial charge in [-0.2, -0.15) is 0 Å². The summed E-state index contributed by atoms with van der Waals surface area (Å²) in [6, 6.07) is 0. The van der Waals surface area contributed by atoms with Gasteiger partial charge in [0.1, 0.15) is 0 Å². The zero-order chi connectivity index (χ0) is 26.7. The van der Waals surface area contributed by atoms with Crippen LogP contribution in [0.3, 0.4) is 0 Å². The van der Waals surface area contributed by atoms with Gasteiger partial charge in [-0.1, -0.05) is 90.7 Å². The van der Waals surface area contributed by atoms with Crippen LogP contribution in [-0.4, -0.2) is 44.5 Å². The minimum absolute atomic E-state index is 0.379. The maximum Gasteiger partial charge on any atom is 0.330 e. The van der Waals surface area contributed by atoms with Crippen LogP contribution >= 0.6 is 7.60 Å². The number of rotatable bonds is 27. The van der Waals surface area contributed by atoms with E-state index in [-0.39, 0.29) is 11.9 Å². The molecule has 8 heteroatoms. The van der Waals surface area contributed by atoms with E-state index in [4.69, 9.17) is 18.5 Å². The first-order valence-electron chi connectivity index (χ1n) is 13.9. The van der Waals surface area contributed by atoms with Gasteiger partial charge in [0.05, 0.1) is 32.6 Å². The molecule has 0 bridgehead atoms. The fraction of sp³-hybridized carbons (Fsp3) is 0.786. The number of carbonyl (C=O) groups excluding carboxylic acids is 2. The lowest BCUT2D eigenvalue weighted by molar-refractivity contribution is -0.138.